The molecule has 0 amide bonds. The predicted octanol–water partition coefficient (Wildman–Crippen LogP) is 4.30. The van der Waals surface area contributed by atoms with Crippen molar-refractivity contribution >= 4 is 16.9 Å². The van der Waals surface area contributed by atoms with Crippen LogP contribution in [0.5, 0.6) is 0 Å². The number of rotatable bonds is 5. The molecule has 0 fully saturated rings. The van der Waals surface area contributed by atoms with Gasteiger partial charge in [0, 0.05) is 11.3 Å². The van der Waals surface area contributed by atoms with Gasteiger partial charge in [0.25, 0.3) is 0 Å². The highest BCUT2D eigenvalue weighted by Crippen LogP contribution is 2.17. The Hall–Kier alpha value is -0.760. The van der Waals surface area contributed by atoms with Gasteiger partial charge in [0.15, 0.2) is 0 Å². The van der Waals surface area contributed by atoms with E-state index in [2.05, 4.69) is 13.8 Å². The summed E-state index contributed by atoms with van der Waals surface area (Å²) in [5, 5.41) is 0.198. The van der Waals surface area contributed by atoms with Gasteiger partial charge in [-0.05, 0) is 19.3 Å². The van der Waals surface area contributed by atoms with Crippen LogP contribution in [0.1, 0.15) is 42.6 Å². The molecule has 16 heavy (non-hydrogen) atoms. The summed E-state index contributed by atoms with van der Waals surface area (Å²) in [6, 6.07) is 7.80. The Bertz CT molecular complexity index is 329. The normalized spacial score (nSPS) is 12.4. The number of carbonyl (C=O) groups is 1. The molecule has 0 radical (unpaired) electrons. The second-order valence-electron chi connectivity index (χ2n) is 4.30. The van der Waals surface area contributed by atoms with Crippen LogP contribution in [0.15, 0.2) is 24.3 Å². The van der Waals surface area contributed by atoms with E-state index in [0.29, 0.717) is 0 Å². The van der Waals surface area contributed by atoms with E-state index < -0.39 is 0 Å². The molecule has 1 aromatic carbocycles. The molecule has 0 heterocycles. The highest BCUT2D eigenvalue weighted by molar-refractivity contribution is 8.14. The molecule has 0 saturated carbocycles. The monoisotopic (exact) mass is 236 g/mol. The Kier molecular flexibility index (Phi) is 5.61. The average Bonchev–Trinajstić information content (AvgIpc) is 2.29. The lowest BCUT2D eigenvalue weighted by molar-refractivity contribution is 0.108. The highest BCUT2D eigenvalue weighted by Gasteiger charge is 2.07. The first-order valence-electron chi connectivity index (χ1n) is 5.87. The number of aryl methyl sites for hydroxylation is 1. The van der Waals surface area contributed by atoms with Crippen LogP contribution in [-0.2, 0) is 0 Å². The summed E-state index contributed by atoms with van der Waals surface area (Å²) in [7, 11) is 0. The topological polar surface area (TPSA) is 17.1 Å². The van der Waals surface area contributed by atoms with Gasteiger partial charge in [-0.1, -0.05) is 61.9 Å². The maximum absolute atomic E-state index is 11.8. The van der Waals surface area contributed by atoms with Crippen LogP contribution in [-0.4, -0.2) is 10.9 Å². The summed E-state index contributed by atoms with van der Waals surface area (Å²) in [5.74, 6) is 1.65. The van der Waals surface area contributed by atoms with Gasteiger partial charge < -0.3 is 0 Å². The third-order valence-corrected chi connectivity index (χ3v) is 3.77. The van der Waals surface area contributed by atoms with Crippen LogP contribution in [0, 0.1) is 12.8 Å². The summed E-state index contributed by atoms with van der Waals surface area (Å²) in [4.78, 5) is 11.8. The molecular weight excluding hydrogens is 216 g/mol. The van der Waals surface area contributed by atoms with Crippen molar-refractivity contribution in [3.8, 4) is 0 Å². The van der Waals surface area contributed by atoms with Crippen LogP contribution >= 0.6 is 11.8 Å². The molecule has 0 saturated heterocycles. The largest absolute Gasteiger partial charge is 0.282 e. The predicted molar refractivity (Wildman–Crippen MR) is 72.0 cm³/mol. The smallest absolute Gasteiger partial charge is 0.219 e. The van der Waals surface area contributed by atoms with Crippen molar-refractivity contribution in [2.45, 2.75) is 33.6 Å². The van der Waals surface area contributed by atoms with Crippen molar-refractivity contribution in [2.24, 2.45) is 5.92 Å². The second kappa shape index (κ2) is 6.74. The Morgan fingerprint density at radius 1 is 1.31 bits per heavy atom. The molecule has 0 aliphatic heterocycles. The minimum Gasteiger partial charge on any atom is -0.282 e. The molecular formula is C14H20OS. The third kappa shape index (κ3) is 4.40. The fourth-order valence-electron chi connectivity index (χ4n) is 1.33. The molecule has 0 N–H and O–H groups in total. The summed E-state index contributed by atoms with van der Waals surface area (Å²) in [6.07, 6.45) is 2.32. The molecule has 0 spiro atoms. The van der Waals surface area contributed by atoms with E-state index in [4.69, 9.17) is 0 Å². The SMILES string of the molecule is CCC(C)CCSC(=O)c1ccc(C)cc1. The molecule has 0 aromatic heterocycles. The molecule has 1 aromatic rings. The molecule has 2 heteroatoms. The lowest BCUT2D eigenvalue weighted by atomic mass is 10.1. The van der Waals surface area contributed by atoms with Gasteiger partial charge in [-0.15, -0.1) is 0 Å². The fourth-order valence-corrected chi connectivity index (χ4v) is 2.34. The first kappa shape index (κ1) is 13.3. The summed E-state index contributed by atoms with van der Waals surface area (Å²) in [6.45, 7) is 6.46. The Morgan fingerprint density at radius 3 is 2.50 bits per heavy atom. The Balaban J connectivity index is 2.38. The van der Waals surface area contributed by atoms with E-state index >= 15 is 0 Å². The van der Waals surface area contributed by atoms with Gasteiger partial charge in [0.2, 0.25) is 5.12 Å². The van der Waals surface area contributed by atoms with Crippen LogP contribution in [0.3, 0.4) is 0 Å². The minimum absolute atomic E-state index is 0.198. The summed E-state index contributed by atoms with van der Waals surface area (Å²) < 4.78 is 0. The van der Waals surface area contributed by atoms with Gasteiger partial charge in [-0.25, -0.2) is 0 Å². The zero-order chi connectivity index (χ0) is 12.0. The van der Waals surface area contributed by atoms with Crippen LogP contribution in [0.25, 0.3) is 0 Å². The fraction of sp³-hybridized carbons (Fsp3) is 0.500. The average molecular weight is 236 g/mol. The van der Waals surface area contributed by atoms with Gasteiger partial charge in [0.1, 0.15) is 0 Å². The molecule has 1 unspecified atom stereocenters. The molecule has 0 aliphatic carbocycles. The van der Waals surface area contributed by atoms with Gasteiger partial charge >= 0.3 is 0 Å². The molecule has 1 atom stereocenters. The molecule has 0 aliphatic rings. The quantitative estimate of drug-likeness (QED) is 0.758. The first-order valence-corrected chi connectivity index (χ1v) is 6.85. The van der Waals surface area contributed by atoms with E-state index in [1.165, 1.54) is 23.7 Å². The van der Waals surface area contributed by atoms with Crippen molar-refractivity contribution in [2.75, 3.05) is 5.75 Å². The molecule has 1 nitrogen and oxygen atoms in total. The van der Waals surface area contributed by atoms with E-state index in [0.717, 1.165) is 23.7 Å². The highest BCUT2D eigenvalue weighted by atomic mass is 32.2. The van der Waals surface area contributed by atoms with Gasteiger partial charge in [-0.2, -0.15) is 0 Å². The lowest BCUT2D eigenvalue weighted by Gasteiger charge is -2.06. The summed E-state index contributed by atoms with van der Waals surface area (Å²) in [5.41, 5.74) is 2.01. The number of thioether (sulfide) groups is 1. The van der Waals surface area contributed by atoms with Gasteiger partial charge in [-0.3, -0.25) is 4.79 Å². The molecule has 0 bridgehead atoms. The molecule has 1 rings (SSSR count). The van der Waals surface area contributed by atoms with E-state index in [9.17, 15) is 4.79 Å². The van der Waals surface area contributed by atoms with Crippen molar-refractivity contribution in [1.82, 2.24) is 0 Å². The van der Waals surface area contributed by atoms with Crippen molar-refractivity contribution in [3.63, 3.8) is 0 Å². The van der Waals surface area contributed by atoms with Crippen molar-refractivity contribution in [3.05, 3.63) is 35.4 Å². The number of carbonyl (C=O) groups excluding carboxylic acids is 1. The second-order valence-corrected chi connectivity index (χ2v) is 5.37. The van der Waals surface area contributed by atoms with Crippen LogP contribution in [0.4, 0.5) is 0 Å². The number of hydrogen-bond donors (Lipinski definition) is 0. The molecule has 88 valence electrons. The minimum atomic E-state index is 0.198. The number of benzene rings is 1. The summed E-state index contributed by atoms with van der Waals surface area (Å²) >= 11 is 1.44. The van der Waals surface area contributed by atoms with E-state index in [-0.39, 0.29) is 5.12 Å². The Morgan fingerprint density at radius 2 is 1.94 bits per heavy atom. The van der Waals surface area contributed by atoms with Crippen LogP contribution in [0.2, 0.25) is 0 Å². The van der Waals surface area contributed by atoms with Crippen molar-refractivity contribution in [1.29, 1.82) is 0 Å². The lowest BCUT2D eigenvalue weighted by Crippen LogP contribution is -1.99. The van der Waals surface area contributed by atoms with Gasteiger partial charge in [0.05, 0.1) is 0 Å². The maximum atomic E-state index is 11.8. The Labute approximate surface area is 103 Å². The third-order valence-electron chi connectivity index (χ3n) is 2.83. The maximum Gasteiger partial charge on any atom is 0.219 e. The first-order chi connectivity index (χ1) is 7.63. The zero-order valence-corrected chi connectivity index (χ0v) is 11.1. The van der Waals surface area contributed by atoms with E-state index in [1.54, 1.807) is 0 Å². The van der Waals surface area contributed by atoms with E-state index in [1.807, 2.05) is 31.2 Å². The number of hydrogen-bond acceptors (Lipinski definition) is 2. The standard InChI is InChI=1S/C14H20OS/c1-4-11(2)9-10-16-14(15)13-7-5-12(3)6-8-13/h5-8,11H,4,9-10H2,1-3H3. The van der Waals surface area contributed by atoms with Crippen molar-refractivity contribution < 1.29 is 4.79 Å². The zero-order valence-electron chi connectivity index (χ0n) is 10.3. The van der Waals surface area contributed by atoms with Crippen LogP contribution < -0.4 is 0 Å².